The molecule has 1 aliphatic carbocycles. The fraction of sp³-hybridized carbons (Fsp3) is 0.500. The highest BCUT2D eigenvalue weighted by Crippen LogP contribution is 2.23. The number of hydrogen-bond acceptors (Lipinski definition) is 2. The molecule has 4 nitrogen and oxygen atoms in total. The third-order valence-corrected chi connectivity index (χ3v) is 3.56. The average Bonchev–Trinajstić information content (AvgIpc) is 2.43. The highest BCUT2D eigenvalue weighted by molar-refractivity contribution is 5.89. The van der Waals surface area contributed by atoms with E-state index in [-0.39, 0.29) is 12.0 Å². The zero-order valence-electron chi connectivity index (χ0n) is 11.3. The van der Waals surface area contributed by atoms with Gasteiger partial charge in [-0.1, -0.05) is 6.42 Å². The normalized spacial score (nSPS) is 21.9. The Kier molecular flexibility index (Phi) is 5.06. The number of nitrogens with one attached hydrogen (secondary N) is 2. The van der Waals surface area contributed by atoms with Gasteiger partial charge in [-0.3, -0.25) is 0 Å². The molecule has 2 unspecified atom stereocenters. The molecule has 2 atom stereocenters. The number of amides is 2. The summed E-state index contributed by atoms with van der Waals surface area (Å²) in [5.74, 6) is -3.43. The first-order valence-electron chi connectivity index (χ1n) is 6.83. The molecule has 1 aromatic carbocycles. The summed E-state index contributed by atoms with van der Waals surface area (Å²) in [4.78, 5) is 11.6. The Labute approximate surface area is 120 Å². The first-order valence-corrected chi connectivity index (χ1v) is 6.83. The van der Waals surface area contributed by atoms with Gasteiger partial charge < -0.3 is 15.7 Å². The highest BCUT2D eigenvalue weighted by atomic mass is 19.2. The predicted octanol–water partition coefficient (Wildman–Crippen LogP) is 2.78. The number of aliphatic hydroxyl groups is 1. The van der Waals surface area contributed by atoms with Crippen molar-refractivity contribution in [1.82, 2.24) is 5.32 Å². The van der Waals surface area contributed by atoms with E-state index in [2.05, 4.69) is 10.6 Å². The van der Waals surface area contributed by atoms with Gasteiger partial charge in [-0.25, -0.2) is 18.0 Å². The number of urea groups is 1. The molecule has 7 heteroatoms. The van der Waals surface area contributed by atoms with Crippen molar-refractivity contribution in [3.63, 3.8) is 0 Å². The number of carbonyl (C=O) groups is 1. The Balaban J connectivity index is 1.86. The zero-order chi connectivity index (χ0) is 15.4. The summed E-state index contributed by atoms with van der Waals surface area (Å²) in [5, 5.41) is 14.2. The van der Waals surface area contributed by atoms with Crippen LogP contribution in [0.1, 0.15) is 25.7 Å². The largest absolute Gasteiger partial charge is 0.393 e. The molecule has 2 amide bonds. The summed E-state index contributed by atoms with van der Waals surface area (Å²) in [7, 11) is 0. The molecule has 0 radical (unpaired) electrons. The van der Waals surface area contributed by atoms with E-state index in [1.165, 1.54) is 0 Å². The summed E-state index contributed by atoms with van der Waals surface area (Å²) < 4.78 is 39.1. The van der Waals surface area contributed by atoms with Crippen LogP contribution in [-0.2, 0) is 0 Å². The average molecular weight is 302 g/mol. The molecule has 1 fully saturated rings. The minimum Gasteiger partial charge on any atom is -0.393 e. The van der Waals surface area contributed by atoms with Gasteiger partial charge in [0.25, 0.3) is 0 Å². The summed E-state index contributed by atoms with van der Waals surface area (Å²) in [6.45, 7) is 0.341. The molecule has 1 aromatic rings. The van der Waals surface area contributed by atoms with Gasteiger partial charge in [-0.15, -0.1) is 0 Å². The van der Waals surface area contributed by atoms with Crippen molar-refractivity contribution in [1.29, 1.82) is 0 Å². The predicted molar refractivity (Wildman–Crippen MR) is 71.3 cm³/mol. The molecule has 0 saturated heterocycles. The van der Waals surface area contributed by atoms with E-state index in [0.29, 0.717) is 25.1 Å². The van der Waals surface area contributed by atoms with Crippen LogP contribution in [0.15, 0.2) is 12.1 Å². The van der Waals surface area contributed by atoms with Crippen LogP contribution in [-0.4, -0.2) is 23.8 Å². The molecular weight excluding hydrogens is 285 g/mol. The summed E-state index contributed by atoms with van der Waals surface area (Å²) in [6, 6.07) is 0.275. The third kappa shape index (κ3) is 4.35. The van der Waals surface area contributed by atoms with Crippen LogP contribution in [0, 0.1) is 23.4 Å². The van der Waals surface area contributed by atoms with Crippen molar-refractivity contribution in [3.8, 4) is 0 Å². The second kappa shape index (κ2) is 6.80. The van der Waals surface area contributed by atoms with E-state index >= 15 is 0 Å². The van der Waals surface area contributed by atoms with Crippen LogP contribution in [0.4, 0.5) is 23.7 Å². The number of aliphatic hydroxyl groups excluding tert-OH is 1. The Morgan fingerprint density at radius 2 is 1.90 bits per heavy atom. The Morgan fingerprint density at radius 1 is 1.19 bits per heavy atom. The topological polar surface area (TPSA) is 61.4 Å². The Bertz CT molecular complexity index is 525. The minimum absolute atomic E-state index is 0.161. The lowest BCUT2D eigenvalue weighted by molar-refractivity contribution is 0.101. The van der Waals surface area contributed by atoms with Crippen molar-refractivity contribution in [2.24, 2.45) is 5.92 Å². The van der Waals surface area contributed by atoms with Gasteiger partial charge in [0.15, 0.2) is 11.6 Å². The second-order valence-corrected chi connectivity index (χ2v) is 5.27. The van der Waals surface area contributed by atoms with Crippen LogP contribution in [0.25, 0.3) is 0 Å². The van der Waals surface area contributed by atoms with Crippen LogP contribution in [0.2, 0.25) is 0 Å². The number of hydrogen-bond donors (Lipinski definition) is 3. The quantitative estimate of drug-likeness (QED) is 0.752. The van der Waals surface area contributed by atoms with Gasteiger partial charge in [-0.2, -0.15) is 0 Å². The smallest absolute Gasteiger partial charge is 0.319 e. The van der Waals surface area contributed by atoms with Gasteiger partial charge in [0.05, 0.1) is 11.8 Å². The van der Waals surface area contributed by atoms with Crippen molar-refractivity contribution >= 4 is 11.7 Å². The second-order valence-electron chi connectivity index (χ2n) is 5.27. The number of anilines is 1. The SMILES string of the molecule is O=C(NCC1CCCC(O)C1)Nc1cc(F)c(F)cc1F. The van der Waals surface area contributed by atoms with Crippen molar-refractivity contribution < 1.29 is 23.1 Å². The molecule has 21 heavy (non-hydrogen) atoms. The van der Waals surface area contributed by atoms with Crippen LogP contribution in [0.3, 0.4) is 0 Å². The van der Waals surface area contributed by atoms with Crippen molar-refractivity contribution in [2.75, 3.05) is 11.9 Å². The maximum absolute atomic E-state index is 13.4. The highest BCUT2D eigenvalue weighted by Gasteiger charge is 2.20. The van der Waals surface area contributed by atoms with E-state index < -0.39 is 29.2 Å². The van der Waals surface area contributed by atoms with Crippen LogP contribution >= 0.6 is 0 Å². The zero-order valence-corrected chi connectivity index (χ0v) is 11.3. The summed E-state index contributed by atoms with van der Waals surface area (Å²) >= 11 is 0. The van der Waals surface area contributed by atoms with E-state index in [0.717, 1.165) is 19.3 Å². The molecule has 116 valence electrons. The van der Waals surface area contributed by atoms with E-state index in [4.69, 9.17) is 0 Å². The third-order valence-electron chi connectivity index (χ3n) is 3.56. The molecule has 2 rings (SSSR count). The lowest BCUT2D eigenvalue weighted by atomic mass is 9.87. The van der Waals surface area contributed by atoms with Crippen LogP contribution < -0.4 is 10.6 Å². The Morgan fingerprint density at radius 3 is 2.62 bits per heavy atom. The monoisotopic (exact) mass is 302 g/mol. The molecule has 1 saturated carbocycles. The van der Waals surface area contributed by atoms with Gasteiger partial charge in [-0.05, 0) is 25.2 Å². The molecule has 0 spiro atoms. The van der Waals surface area contributed by atoms with E-state index in [1.54, 1.807) is 0 Å². The minimum atomic E-state index is -1.31. The van der Waals surface area contributed by atoms with Crippen LogP contribution in [0.5, 0.6) is 0 Å². The number of carbonyl (C=O) groups excluding carboxylic acids is 1. The first-order chi connectivity index (χ1) is 9.95. The van der Waals surface area contributed by atoms with E-state index in [1.807, 2.05) is 0 Å². The van der Waals surface area contributed by atoms with Gasteiger partial charge in [0.1, 0.15) is 5.82 Å². The van der Waals surface area contributed by atoms with Crippen molar-refractivity contribution in [3.05, 3.63) is 29.6 Å². The molecule has 0 heterocycles. The molecule has 0 aliphatic heterocycles. The molecule has 0 bridgehead atoms. The Hall–Kier alpha value is -1.76. The maximum Gasteiger partial charge on any atom is 0.319 e. The molecule has 3 N–H and O–H groups in total. The number of rotatable bonds is 3. The first kappa shape index (κ1) is 15.6. The lowest BCUT2D eigenvalue weighted by Crippen LogP contribution is -2.35. The van der Waals surface area contributed by atoms with Gasteiger partial charge in [0, 0.05) is 18.7 Å². The molecule has 0 aromatic heterocycles. The van der Waals surface area contributed by atoms with Gasteiger partial charge in [0.2, 0.25) is 0 Å². The molecular formula is C14H17F3N2O2. The summed E-state index contributed by atoms with van der Waals surface area (Å²) in [5.41, 5.74) is -0.421. The molecule has 1 aliphatic rings. The van der Waals surface area contributed by atoms with E-state index in [9.17, 15) is 23.1 Å². The van der Waals surface area contributed by atoms with Gasteiger partial charge >= 0.3 is 6.03 Å². The standard InChI is InChI=1S/C14H17F3N2O2/c15-10-5-12(17)13(6-11(10)16)19-14(21)18-7-8-2-1-3-9(20)4-8/h5-6,8-9,20H,1-4,7H2,(H2,18,19,21). The van der Waals surface area contributed by atoms with Crippen molar-refractivity contribution in [2.45, 2.75) is 31.8 Å². The number of benzene rings is 1. The lowest BCUT2D eigenvalue weighted by Gasteiger charge is -2.25. The summed E-state index contributed by atoms with van der Waals surface area (Å²) in [6.07, 6.45) is 2.82. The fourth-order valence-electron chi connectivity index (χ4n) is 2.47. The fourth-order valence-corrected chi connectivity index (χ4v) is 2.47. The maximum atomic E-state index is 13.4. The number of halogens is 3.